The number of benzene rings is 2. The van der Waals surface area contributed by atoms with Gasteiger partial charge in [0, 0.05) is 18.3 Å². The summed E-state index contributed by atoms with van der Waals surface area (Å²) < 4.78 is 13.9. The molecule has 0 aromatic heterocycles. The quantitative estimate of drug-likeness (QED) is 0.633. The van der Waals surface area contributed by atoms with Crippen LogP contribution in [0.25, 0.3) is 0 Å². The molecule has 0 spiro atoms. The van der Waals surface area contributed by atoms with Crippen LogP contribution >= 0.6 is 0 Å². The minimum atomic E-state index is -0.609. The Morgan fingerprint density at radius 3 is 2.62 bits per heavy atom. The van der Waals surface area contributed by atoms with Gasteiger partial charge in [-0.05, 0) is 31.2 Å². The van der Waals surface area contributed by atoms with E-state index >= 15 is 0 Å². The van der Waals surface area contributed by atoms with E-state index in [1.165, 1.54) is 24.3 Å². The maximum atomic E-state index is 13.9. The smallest absolute Gasteiger partial charge is 0.287 e. The van der Waals surface area contributed by atoms with Gasteiger partial charge < -0.3 is 4.90 Å². The van der Waals surface area contributed by atoms with Gasteiger partial charge in [0.2, 0.25) is 0 Å². The van der Waals surface area contributed by atoms with Crippen LogP contribution in [0.4, 0.5) is 21.5 Å². The molecular formula is C15H12FN3O2. The number of hydrogen-bond acceptors (Lipinski definition) is 4. The maximum absolute atomic E-state index is 13.9. The van der Waals surface area contributed by atoms with Crippen molar-refractivity contribution in [1.82, 2.24) is 0 Å². The van der Waals surface area contributed by atoms with Crippen LogP contribution in [-0.2, 0) is 0 Å². The summed E-state index contributed by atoms with van der Waals surface area (Å²) in [5.74, 6) is -0.392. The summed E-state index contributed by atoms with van der Waals surface area (Å²) in [5, 5.41) is 19.9. The van der Waals surface area contributed by atoms with Gasteiger partial charge in [0.1, 0.15) is 17.4 Å². The second-order valence-electron chi connectivity index (χ2n) is 4.27. The zero-order valence-corrected chi connectivity index (χ0v) is 11.3. The molecule has 0 heterocycles. The molecule has 21 heavy (non-hydrogen) atoms. The number of nitro benzene ring substituents is 1. The maximum Gasteiger partial charge on any atom is 0.287 e. The lowest BCUT2D eigenvalue weighted by Gasteiger charge is -2.23. The molecule has 0 aliphatic rings. The second-order valence-corrected chi connectivity index (χ2v) is 4.27. The van der Waals surface area contributed by atoms with Crippen LogP contribution < -0.4 is 4.90 Å². The lowest BCUT2D eigenvalue weighted by atomic mass is 10.1. The van der Waals surface area contributed by atoms with Gasteiger partial charge in [0.15, 0.2) is 0 Å². The summed E-state index contributed by atoms with van der Waals surface area (Å²) >= 11 is 0. The van der Waals surface area contributed by atoms with Gasteiger partial charge in [-0.25, -0.2) is 4.39 Å². The molecule has 0 saturated heterocycles. The molecule has 2 rings (SSSR count). The monoisotopic (exact) mass is 285 g/mol. The van der Waals surface area contributed by atoms with Crippen LogP contribution in [-0.4, -0.2) is 11.5 Å². The van der Waals surface area contributed by atoms with E-state index < -0.39 is 10.7 Å². The molecule has 0 amide bonds. The molecule has 2 aromatic carbocycles. The fourth-order valence-electron chi connectivity index (χ4n) is 2.10. The van der Waals surface area contributed by atoms with Crippen molar-refractivity contribution in [2.24, 2.45) is 0 Å². The van der Waals surface area contributed by atoms with Crippen molar-refractivity contribution in [3.63, 3.8) is 0 Å². The number of halogens is 1. The Bertz CT molecular complexity index is 725. The van der Waals surface area contributed by atoms with E-state index in [9.17, 15) is 14.5 Å². The van der Waals surface area contributed by atoms with Crippen LogP contribution in [0.15, 0.2) is 42.5 Å². The first-order valence-corrected chi connectivity index (χ1v) is 6.29. The van der Waals surface area contributed by atoms with Crippen molar-refractivity contribution < 1.29 is 9.31 Å². The summed E-state index contributed by atoms with van der Waals surface area (Å²) in [6.07, 6.45) is 0. The molecule has 106 valence electrons. The normalized spacial score (nSPS) is 9.95. The molecule has 0 bridgehead atoms. The van der Waals surface area contributed by atoms with Crippen molar-refractivity contribution in [3.8, 4) is 6.07 Å². The minimum Gasteiger partial charge on any atom is -0.339 e. The van der Waals surface area contributed by atoms with Gasteiger partial charge in [0.25, 0.3) is 5.69 Å². The third-order valence-electron chi connectivity index (χ3n) is 3.07. The predicted octanol–water partition coefficient (Wildman–Crippen LogP) is 3.76. The van der Waals surface area contributed by atoms with Crippen LogP contribution in [0.5, 0.6) is 0 Å². The van der Waals surface area contributed by atoms with Crippen molar-refractivity contribution in [2.75, 3.05) is 11.4 Å². The number of rotatable bonds is 4. The van der Waals surface area contributed by atoms with Crippen LogP contribution in [0.1, 0.15) is 12.5 Å². The summed E-state index contributed by atoms with van der Waals surface area (Å²) in [6, 6.07) is 12.2. The number of nitriles is 1. The molecule has 0 atom stereocenters. The molecule has 0 aliphatic carbocycles. The van der Waals surface area contributed by atoms with Crippen LogP contribution in [0, 0.1) is 27.3 Å². The second kappa shape index (κ2) is 6.01. The molecule has 5 nitrogen and oxygen atoms in total. The van der Waals surface area contributed by atoms with Crippen LogP contribution in [0.3, 0.4) is 0 Å². The Balaban J connectivity index is 2.52. The fraction of sp³-hybridized carbons (Fsp3) is 0.133. The van der Waals surface area contributed by atoms with Gasteiger partial charge in [-0.1, -0.05) is 12.1 Å². The largest absolute Gasteiger partial charge is 0.339 e. The van der Waals surface area contributed by atoms with E-state index in [4.69, 9.17) is 5.26 Å². The van der Waals surface area contributed by atoms with Gasteiger partial charge in [-0.2, -0.15) is 5.26 Å². The van der Waals surface area contributed by atoms with E-state index in [2.05, 4.69) is 0 Å². The lowest BCUT2D eigenvalue weighted by molar-refractivity contribution is -0.385. The van der Waals surface area contributed by atoms with E-state index in [1.807, 2.05) is 6.92 Å². The highest BCUT2D eigenvalue weighted by Crippen LogP contribution is 2.30. The van der Waals surface area contributed by atoms with Crippen molar-refractivity contribution >= 4 is 17.1 Å². The van der Waals surface area contributed by atoms with E-state index in [-0.39, 0.29) is 11.3 Å². The SMILES string of the molecule is CCN(c1ccc([N+](=O)[O-])c(C#N)c1)c1ccccc1F. The van der Waals surface area contributed by atoms with Gasteiger partial charge in [-0.15, -0.1) is 0 Å². The summed E-state index contributed by atoms with van der Waals surface area (Å²) in [6.45, 7) is 2.30. The molecule has 2 aromatic rings. The van der Waals surface area contributed by atoms with Gasteiger partial charge >= 0.3 is 0 Å². The first kappa shape index (κ1) is 14.5. The average molecular weight is 285 g/mol. The predicted molar refractivity (Wildman–Crippen MR) is 76.9 cm³/mol. The average Bonchev–Trinajstić information content (AvgIpc) is 2.49. The van der Waals surface area contributed by atoms with E-state index in [1.54, 1.807) is 29.2 Å². The van der Waals surface area contributed by atoms with Crippen molar-refractivity contribution in [3.05, 3.63) is 64.0 Å². The standard InChI is InChI=1S/C15H12FN3O2/c1-2-18(15-6-4-3-5-13(15)16)12-7-8-14(19(20)21)11(9-12)10-17/h3-9H,2H2,1H3. The van der Waals surface area contributed by atoms with Gasteiger partial charge in [-0.3, -0.25) is 10.1 Å². The Morgan fingerprint density at radius 1 is 1.33 bits per heavy atom. The lowest BCUT2D eigenvalue weighted by Crippen LogP contribution is -2.17. The molecule has 0 N–H and O–H groups in total. The Hall–Kier alpha value is -2.94. The third-order valence-corrected chi connectivity index (χ3v) is 3.07. The third kappa shape index (κ3) is 2.82. The van der Waals surface area contributed by atoms with Crippen molar-refractivity contribution in [1.29, 1.82) is 5.26 Å². The first-order valence-electron chi connectivity index (χ1n) is 6.29. The van der Waals surface area contributed by atoms with Crippen LogP contribution in [0.2, 0.25) is 0 Å². The zero-order chi connectivity index (χ0) is 15.4. The molecule has 0 fully saturated rings. The minimum absolute atomic E-state index is 0.0488. The van der Waals surface area contributed by atoms with Crippen molar-refractivity contribution in [2.45, 2.75) is 6.92 Å². The molecule has 0 radical (unpaired) electrons. The number of nitro groups is 1. The molecular weight excluding hydrogens is 273 g/mol. The highest BCUT2D eigenvalue weighted by atomic mass is 19.1. The number of hydrogen-bond donors (Lipinski definition) is 0. The topological polar surface area (TPSA) is 70.2 Å². The molecule has 0 unspecified atom stereocenters. The summed E-state index contributed by atoms with van der Waals surface area (Å²) in [5.41, 5.74) is 0.584. The summed E-state index contributed by atoms with van der Waals surface area (Å²) in [4.78, 5) is 11.9. The Morgan fingerprint density at radius 2 is 2.05 bits per heavy atom. The molecule has 6 heteroatoms. The van der Waals surface area contributed by atoms with E-state index in [0.717, 1.165) is 0 Å². The Kier molecular flexibility index (Phi) is 4.14. The zero-order valence-electron chi connectivity index (χ0n) is 11.3. The summed E-state index contributed by atoms with van der Waals surface area (Å²) in [7, 11) is 0. The fourth-order valence-corrected chi connectivity index (χ4v) is 2.10. The van der Waals surface area contributed by atoms with E-state index in [0.29, 0.717) is 17.9 Å². The first-order chi connectivity index (χ1) is 10.1. The molecule has 0 saturated carbocycles. The highest BCUT2D eigenvalue weighted by molar-refractivity contribution is 5.68. The highest BCUT2D eigenvalue weighted by Gasteiger charge is 2.17. The number of para-hydroxylation sites is 1. The molecule has 0 aliphatic heterocycles. The number of nitrogens with zero attached hydrogens (tertiary/aromatic N) is 3. The van der Waals surface area contributed by atoms with Gasteiger partial charge in [0.05, 0.1) is 10.6 Å². The number of anilines is 2. The Labute approximate surface area is 121 Å².